The van der Waals surface area contributed by atoms with E-state index in [9.17, 15) is 9.59 Å². The number of nitrogens with zero attached hydrogens (tertiary/aromatic N) is 4. The number of hydrazone groups is 1. The third-order valence-electron chi connectivity index (χ3n) is 3.97. The molecule has 2 aromatic rings. The van der Waals surface area contributed by atoms with Crippen molar-refractivity contribution in [2.24, 2.45) is 5.10 Å². The highest BCUT2D eigenvalue weighted by molar-refractivity contribution is 9.10. The maximum Gasteiger partial charge on any atom is 0.248 e. The summed E-state index contributed by atoms with van der Waals surface area (Å²) in [7, 11) is 0. The van der Waals surface area contributed by atoms with Gasteiger partial charge >= 0.3 is 0 Å². The second-order valence-electron chi connectivity index (χ2n) is 5.67. The lowest BCUT2D eigenvalue weighted by atomic mass is 10.2. The number of carbonyl (C=O) groups is 2. The number of fused-ring (bicyclic) bond motifs is 1. The van der Waals surface area contributed by atoms with E-state index in [-0.39, 0.29) is 11.8 Å². The molecule has 0 N–H and O–H groups in total. The van der Waals surface area contributed by atoms with E-state index in [0.29, 0.717) is 41.0 Å². The van der Waals surface area contributed by atoms with Gasteiger partial charge in [0, 0.05) is 29.3 Å². The maximum absolute atomic E-state index is 12.5. The number of aryl methyl sites for hydroxylation is 1. The Morgan fingerprint density at radius 2 is 1.73 bits per heavy atom. The van der Waals surface area contributed by atoms with Crippen LogP contribution >= 0.6 is 27.7 Å². The highest BCUT2D eigenvalue weighted by atomic mass is 79.9. The largest absolute Gasteiger partial charge is 0.274 e. The minimum absolute atomic E-state index is 0.0379. The van der Waals surface area contributed by atoms with E-state index < -0.39 is 0 Å². The number of aromatic nitrogens is 2. The summed E-state index contributed by atoms with van der Waals surface area (Å²) in [4.78, 5) is 29.5. The molecule has 1 aliphatic rings. The van der Waals surface area contributed by atoms with Gasteiger partial charge in [0.1, 0.15) is 15.9 Å². The molecule has 1 aromatic heterocycles. The number of thioether (sulfide) groups is 1. The van der Waals surface area contributed by atoms with Gasteiger partial charge in [0.2, 0.25) is 11.8 Å². The Morgan fingerprint density at radius 1 is 1.08 bits per heavy atom. The van der Waals surface area contributed by atoms with Gasteiger partial charge in [-0.3, -0.25) is 14.2 Å². The molecule has 1 aliphatic heterocycles. The zero-order valence-electron chi connectivity index (χ0n) is 14.8. The summed E-state index contributed by atoms with van der Waals surface area (Å²) in [6, 6.07) is 7.70. The minimum atomic E-state index is -0.155. The average molecular weight is 435 g/mol. The van der Waals surface area contributed by atoms with Crippen LogP contribution in [0.3, 0.4) is 0 Å². The Bertz CT molecular complexity index is 889. The van der Waals surface area contributed by atoms with Gasteiger partial charge in [0.15, 0.2) is 5.82 Å². The molecule has 0 aliphatic carbocycles. The highest BCUT2D eigenvalue weighted by Crippen LogP contribution is 2.39. The van der Waals surface area contributed by atoms with E-state index >= 15 is 0 Å². The van der Waals surface area contributed by atoms with E-state index in [0.717, 1.165) is 10.0 Å². The summed E-state index contributed by atoms with van der Waals surface area (Å²) < 4.78 is 2.59. The van der Waals surface area contributed by atoms with E-state index in [4.69, 9.17) is 0 Å². The van der Waals surface area contributed by atoms with Crippen molar-refractivity contribution in [3.63, 3.8) is 0 Å². The third kappa shape index (κ3) is 3.35. The van der Waals surface area contributed by atoms with E-state index in [2.05, 4.69) is 26.0 Å². The van der Waals surface area contributed by atoms with Crippen LogP contribution in [0, 0.1) is 0 Å². The fourth-order valence-electron chi connectivity index (χ4n) is 2.60. The predicted octanol–water partition coefficient (Wildman–Crippen LogP) is 4.47. The summed E-state index contributed by atoms with van der Waals surface area (Å²) in [5.41, 5.74) is 0.882. The Hall–Kier alpha value is -1.93. The molecule has 0 fully saturated rings. The normalized spacial score (nSPS) is 13.4. The quantitative estimate of drug-likeness (QED) is 0.711. The number of imidazole rings is 1. The van der Waals surface area contributed by atoms with Gasteiger partial charge < -0.3 is 0 Å². The number of rotatable bonds is 4. The fraction of sp³-hybridized carbons (Fsp3) is 0.333. The maximum atomic E-state index is 12.5. The molecule has 3 rings (SSSR count). The summed E-state index contributed by atoms with van der Waals surface area (Å²) in [5.74, 6) is 0.901. The second kappa shape index (κ2) is 7.75. The highest BCUT2D eigenvalue weighted by Gasteiger charge is 2.32. The number of halogens is 1. The molecule has 0 saturated carbocycles. The van der Waals surface area contributed by atoms with Gasteiger partial charge in [-0.15, -0.1) is 0 Å². The Morgan fingerprint density at radius 3 is 2.31 bits per heavy atom. The molecular formula is C18H19BrN4O2S. The Balaban J connectivity index is 2.16. The number of anilines is 1. The molecular weight excluding hydrogens is 416 g/mol. The molecule has 0 bridgehead atoms. The van der Waals surface area contributed by atoms with Crippen LogP contribution < -0.4 is 5.01 Å². The van der Waals surface area contributed by atoms with E-state index in [1.807, 2.05) is 38.1 Å². The first-order valence-corrected chi connectivity index (χ1v) is 10.1. The van der Waals surface area contributed by atoms with Crippen molar-refractivity contribution in [1.82, 2.24) is 9.55 Å². The number of benzene rings is 1. The van der Waals surface area contributed by atoms with Crippen molar-refractivity contribution in [3.8, 4) is 0 Å². The number of hydrogen-bond acceptors (Lipinski definition) is 5. The van der Waals surface area contributed by atoms with Crippen molar-refractivity contribution >= 4 is 50.4 Å². The predicted molar refractivity (Wildman–Crippen MR) is 107 cm³/mol. The van der Waals surface area contributed by atoms with E-state index in [1.165, 1.54) is 16.8 Å². The van der Waals surface area contributed by atoms with Crippen LogP contribution in [0.25, 0.3) is 0 Å². The monoisotopic (exact) mass is 434 g/mol. The lowest BCUT2D eigenvalue weighted by Crippen LogP contribution is -2.29. The van der Waals surface area contributed by atoms with Crippen LogP contribution in [0.2, 0.25) is 0 Å². The van der Waals surface area contributed by atoms with Crippen molar-refractivity contribution in [2.45, 2.75) is 45.1 Å². The van der Waals surface area contributed by atoms with Crippen LogP contribution in [-0.2, 0) is 11.2 Å². The van der Waals surface area contributed by atoms with Gasteiger partial charge in [-0.1, -0.05) is 48.8 Å². The topological polar surface area (TPSA) is 67.6 Å². The molecule has 6 nitrogen and oxygen atoms in total. The van der Waals surface area contributed by atoms with Crippen molar-refractivity contribution in [3.05, 3.63) is 40.1 Å². The lowest BCUT2D eigenvalue weighted by Gasteiger charge is -2.22. The first-order valence-electron chi connectivity index (χ1n) is 8.50. The summed E-state index contributed by atoms with van der Waals surface area (Å²) in [6.45, 7) is 5.55. The molecule has 8 heteroatoms. The van der Waals surface area contributed by atoms with Gasteiger partial charge in [0.25, 0.3) is 0 Å². The fourth-order valence-corrected chi connectivity index (χ4v) is 3.95. The van der Waals surface area contributed by atoms with Gasteiger partial charge in [-0.25, -0.2) is 4.98 Å². The zero-order valence-corrected chi connectivity index (χ0v) is 17.2. The van der Waals surface area contributed by atoms with Crippen LogP contribution in [0.1, 0.15) is 49.8 Å². The molecule has 0 atom stereocenters. The zero-order chi connectivity index (χ0) is 18.8. The Labute approximate surface area is 164 Å². The number of amides is 1. The first-order chi connectivity index (χ1) is 12.5. The standard InChI is InChI=1S/C18H19BrN4O2S/c1-4-13-20-16-18(22(13)14(24)5-2)26-17(21-23(16)15(25)6-3)11-7-9-12(19)10-8-11/h7-10H,4-6H2,1-3H3. The SMILES string of the molecule is CCC(=O)N1N=C(c2ccc(Br)cc2)Sc2c1nc(CC)n2C(=O)CC. The van der Waals surface area contributed by atoms with Crippen molar-refractivity contribution in [1.29, 1.82) is 0 Å². The molecule has 0 spiro atoms. The summed E-state index contributed by atoms with van der Waals surface area (Å²) in [5, 5.41) is 7.19. The van der Waals surface area contributed by atoms with Crippen LogP contribution in [-0.4, -0.2) is 26.4 Å². The smallest absolute Gasteiger partial charge is 0.248 e. The van der Waals surface area contributed by atoms with Crippen molar-refractivity contribution in [2.75, 3.05) is 5.01 Å². The second-order valence-corrected chi connectivity index (χ2v) is 7.56. The molecule has 1 amide bonds. The molecule has 1 aromatic carbocycles. The minimum Gasteiger partial charge on any atom is -0.274 e. The van der Waals surface area contributed by atoms with Gasteiger partial charge in [-0.2, -0.15) is 10.1 Å². The molecule has 0 saturated heterocycles. The number of carbonyl (C=O) groups excluding carboxylic acids is 2. The summed E-state index contributed by atoms with van der Waals surface area (Å²) >= 11 is 4.80. The molecule has 26 heavy (non-hydrogen) atoms. The number of hydrogen-bond donors (Lipinski definition) is 0. The first kappa shape index (κ1) is 18.8. The van der Waals surface area contributed by atoms with Crippen LogP contribution in [0.15, 0.2) is 38.9 Å². The molecule has 2 heterocycles. The van der Waals surface area contributed by atoms with Crippen LogP contribution in [0.5, 0.6) is 0 Å². The van der Waals surface area contributed by atoms with Gasteiger partial charge in [-0.05, 0) is 23.9 Å². The van der Waals surface area contributed by atoms with Crippen LogP contribution in [0.4, 0.5) is 5.82 Å². The summed E-state index contributed by atoms with van der Waals surface area (Å²) in [6.07, 6.45) is 1.27. The molecule has 0 unspecified atom stereocenters. The van der Waals surface area contributed by atoms with Gasteiger partial charge in [0.05, 0.1) is 0 Å². The molecule has 136 valence electrons. The Kier molecular flexibility index (Phi) is 5.62. The lowest BCUT2D eigenvalue weighted by molar-refractivity contribution is -0.118. The van der Waals surface area contributed by atoms with Crippen molar-refractivity contribution < 1.29 is 9.59 Å². The molecule has 0 radical (unpaired) electrons. The average Bonchev–Trinajstić information content (AvgIpc) is 3.05. The third-order valence-corrected chi connectivity index (χ3v) is 5.57. The van der Waals surface area contributed by atoms with E-state index in [1.54, 1.807) is 11.5 Å².